The van der Waals surface area contributed by atoms with Gasteiger partial charge in [0.1, 0.15) is 0 Å². The zero-order valence-electron chi connectivity index (χ0n) is 8.78. The normalized spacial score (nSPS) is 21.5. The van der Waals surface area contributed by atoms with Crippen molar-refractivity contribution in [1.82, 2.24) is 9.03 Å². The smallest absolute Gasteiger partial charge is 0.279 e. The minimum Gasteiger partial charge on any atom is -0.379 e. The van der Waals surface area contributed by atoms with Gasteiger partial charge in [0.05, 0.1) is 13.2 Å². The Bertz CT molecular complexity index is 276. The fourth-order valence-corrected chi connectivity index (χ4v) is 2.68. The van der Waals surface area contributed by atoms with Crippen LogP contribution in [0.5, 0.6) is 0 Å². The predicted molar refractivity (Wildman–Crippen MR) is 62.3 cm³/mol. The van der Waals surface area contributed by atoms with Gasteiger partial charge in [0.15, 0.2) is 0 Å². The molecule has 1 aliphatic heterocycles. The van der Waals surface area contributed by atoms with Crippen molar-refractivity contribution in [2.45, 2.75) is 18.2 Å². The van der Waals surface area contributed by atoms with E-state index in [1.54, 1.807) is 0 Å². The number of rotatable bonds is 5. The van der Waals surface area contributed by atoms with Gasteiger partial charge in [-0.05, 0) is 6.42 Å². The third-order valence-corrected chi connectivity index (χ3v) is 4.21. The lowest BCUT2D eigenvalue weighted by molar-refractivity contribution is 0.0725. The van der Waals surface area contributed by atoms with Crippen LogP contribution in [0.3, 0.4) is 0 Å². The lowest BCUT2D eigenvalue weighted by Crippen LogP contribution is -2.46. The molecule has 1 fully saturated rings. The predicted octanol–water partition coefficient (Wildman–Crippen LogP) is 0.326. The highest BCUT2D eigenvalue weighted by Gasteiger charge is 2.23. The minimum absolute atomic E-state index is 0.324. The van der Waals surface area contributed by atoms with Gasteiger partial charge >= 0.3 is 0 Å². The molecule has 0 aromatic rings. The zero-order valence-corrected chi connectivity index (χ0v) is 11.2. The van der Waals surface area contributed by atoms with Crippen LogP contribution in [0, 0.1) is 0 Å². The Morgan fingerprint density at radius 2 is 2.07 bits per heavy atom. The van der Waals surface area contributed by atoms with Crippen LogP contribution in [-0.4, -0.2) is 50.4 Å². The standard InChI is InChI=1S/C8H17BrN2O3S/c1-8(9)2-3-10-15(12,13)11-4-6-14-7-5-11/h8,10H,2-7H2,1H3. The molecular formula is C8H17BrN2O3S. The van der Waals surface area contributed by atoms with Gasteiger partial charge < -0.3 is 4.74 Å². The number of nitrogens with zero attached hydrogens (tertiary/aromatic N) is 1. The Kier molecular flexibility index (Phi) is 5.48. The maximum absolute atomic E-state index is 11.7. The average molecular weight is 301 g/mol. The average Bonchev–Trinajstić information content (AvgIpc) is 2.18. The molecule has 0 spiro atoms. The first-order valence-corrected chi connectivity index (χ1v) is 7.34. The fraction of sp³-hybridized carbons (Fsp3) is 1.00. The molecule has 0 aliphatic carbocycles. The monoisotopic (exact) mass is 300 g/mol. The molecule has 0 saturated carbocycles. The topological polar surface area (TPSA) is 58.6 Å². The van der Waals surface area contributed by atoms with E-state index in [1.807, 2.05) is 6.92 Å². The van der Waals surface area contributed by atoms with Crippen molar-refractivity contribution in [2.24, 2.45) is 0 Å². The van der Waals surface area contributed by atoms with E-state index in [1.165, 1.54) is 4.31 Å². The maximum Gasteiger partial charge on any atom is 0.279 e. The molecule has 0 aromatic heterocycles. The van der Waals surface area contributed by atoms with Crippen molar-refractivity contribution in [2.75, 3.05) is 32.8 Å². The molecule has 0 bridgehead atoms. The van der Waals surface area contributed by atoms with Crippen LogP contribution in [0.1, 0.15) is 13.3 Å². The Morgan fingerprint density at radius 1 is 1.47 bits per heavy atom. The van der Waals surface area contributed by atoms with E-state index in [4.69, 9.17) is 4.74 Å². The van der Waals surface area contributed by atoms with E-state index >= 15 is 0 Å². The third-order valence-electron chi connectivity index (χ3n) is 2.14. The molecule has 5 nitrogen and oxygen atoms in total. The lowest BCUT2D eigenvalue weighted by Gasteiger charge is -2.26. The molecule has 1 saturated heterocycles. The lowest BCUT2D eigenvalue weighted by atomic mass is 10.3. The first-order chi connectivity index (χ1) is 7.02. The maximum atomic E-state index is 11.7. The number of alkyl halides is 1. The highest BCUT2D eigenvalue weighted by Crippen LogP contribution is 2.05. The second-order valence-electron chi connectivity index (χ2n) is 3.48. The van der Waals surface area contributed by atoms with Gasteiger partial charge in [-0.3, -0.25) is 0 Å². The highest BCUT2D eigenvalue weighted by atomic mass is 79.9. The zero-order chi connectivity index (χ0) is 11.3. The van der Waals surface area contributed by atoms with Crippen molar-refractivity contribution in [1.29, 1.82) is 0 Å². The quantitative estimate of drug-likeness (QED) is 0.744. The number of hydrogen-bond acceptors (Lipinski definition) is 3. The summed E-state index contributed by atoms with van der Waals surface area (Å²) in [6, 6.07) is 0. The molecular weight excluding hydrogens is 284 g/mol. The summed E-state index contributed by atoms with van der Waals surface area (Å²) in [4.78, 5) is 0.324. The van der Waals surface area contributed by atoms with E-state index in [2.05, 4.69) is 20.7 Å². The van der Waals surface area contributed by atoms with Crippen LogP contribution in [0.15, 0.2) is 0 Å². The van der Waals surface area contributed by atoms with Crippen LogP contribution >= 0.6 is 15.9 Å². The summed E-state index contributed by atoms with van der Waals surface area (Å²) in [5.41, 5.74) is 0. The molecule has 1 atom stereocenters. The molecule has 1 heterocycles. The molecule has 1 aliphatic rings. The molecule has 1 N–H and O–H groups in total. The van der Waals surface area contributed by atoms with Crippen molar-refractivity contribution in [3.63, 3.8) is 0 Å². The van der Waals surface area contributed by atoms with E-state index in [0.717, 1.165) is 6.42 Å². The van der Waals surface area contributed by atoms with Gasteiger partial charge in [0.2, 0.25) is 0 Å². The van der Waals surface area contributed by atoms with Crippen LogP contribution in [0.2, 0.25) is 0 Å². The summed E-state index contributed by atoms with van der Waals surface area (Å²) in [6.07, 6.45) is 0.781. The highest BCUT2D eigenvalue weighted by molar-refractivity contribution is 9.09. The van der Waals surface area contributed by atoms with E-state index < -0.39 is 10.2 Å². The summed E-state index contributed by atoms with van der Waals surface area (Å²) in [5, 5.41) is 0. The summed E-state index contributed by atoms with van der Waals surface area (Å²) < 4.78 is 32.5. The van der Waals surface area contributed by atoms with Gasteiger partial charge in [0, 0.05) is 24.5 Å². The Labute approximate surface area is 99.5 Å². The van der Waals surface area contributed by atoms with Gasteiger partial charge in [-0.2, -0.15) is 12.7 Å². The first-order valence-electron chi connectivity index (χ1n) is 4.99. The van der Waals surface area contributed by atoms with Crippen molar-refractivity contribution >= 4 is 26.1 Å². The molecule has 1 unspecified atom stereocenters. The first kappa shape index (κ1) is 13.4. The minimum atomic E-state index is -3.30. The second kappa shape index (κ2) is 6.15. The summed E-state index contributed by atoms with van der Waals surface area (Å²) in [6.45, 7) is 4.30. The van der Waals surface area contributed by atoms with E-state index in [9.17, 15) is 8.42 Å². The second-order valence-corrected chi connectivity index (χ2v) is 6.80. The van der Waals surface area contributed by atoms with Crippen LogP contribution in [-0.2, 0) is 14.9 Å². The molecule has 90 valence electrons. The molecule has 7 heteroatoms. The summed E-state index contributed by atoms with van der Waals surface area (Å²) >= 11 is 3.37. The third kappa shape index (κ3) is 4.78. The van der Waals surface area contributed by atoms with Gasteiger partial charge in [0.25, 0.3) is 10.2 Å². The number of morpholine rings is 1. The fourth-order valence-electron chi connectivity index (χ4n) is 1.27. The Balaban J connectivity index is 2.36. The Morgan fingerprint density at radius 3 is 2.60 bits per heavy atom. The van der Waals surface area contributed by atoms with E-state index in [-0.39, 0.29) is 0 Å². The number of hydrogen-bond donors (Lipinski definition) is 1. The van der Waals surface area contributed by atoms with Crippen molar-refractivity contribution in [3.05, 3.63) is 0 Å². The molecule has 0 amide bonds. The van der Waals surface area contributed by atoms with Crippen molar-refractivity contribution in [3.8, 4) is 0 Å². The number of halogens is 1. The Hall–Kier alpha value is 0.310. The molecule has 15 heavy (non-hydrogen) atoms. The largest absolute Gasteiger partial charge is 0.379 e. The van der Waals surface area contributed by atoms with Crippen LogP contribution < -0.4 is 4.72 Å². The van der Waals surface area contributed by atoms with Gasteiger partial charge in [-0.1, -0.05) is 22.9 Å². The molecule has 0 aromatic carbocycles. The summed E-state index contributed by atoms with van der Waals surface area (Å²) in [5.74, 6) is 0. The van der Waals surface area contributed by atoms with Crippen LogP contribution in [0.4, 0.5) is 0 Å². The van der Waals surface area contributed by atoms with Crippen molar-refractivity contribution < 1.29 is 13.2 Å². The number of ether oxygens (including phenoxy) is 1. The molecule has 1 rings (SSSR count). The van der Waals surface area contributed by atoms with Crippen LogP contribution in [0.25, 0.3) is 0 Å². The number of nitrogens with one attached hydrogen (secondary N) is 1. The van der Waals surface area contributed by atoms with Gasteiger partial charge in [-0.25, -0.2) is 4.72 Å². The summed E-state index contributed by atoms with van der Waals surface area (Å²) in [7, 11) is -3.30. The SMILES string of the molecule is CC(Br)CCNS(=O)(=O)N1CCOCC1. The van der Waals surface area contributed by atoms with Gasteiger partial charge in [-0.15, -0.1) is 0 Å². The van der Waals surface area contributed by atoms with E-state index in [0.29, 0.717) is 37.7 Å². The molecule has 0 radical (unpaired) electrons.